The minimum atomic E-state index is -0.830. The minimum Gasteiger partial charge on any atom is -0.497 e. The Morgan fingerprint density at radius 3 is 2.70 bits per heavy atom. The number of ether oxygens (including phenoxy) is 1. The molecule has 1 saturated heterocycles. The average molecular weight is 426 g/mol. The number of carbonyl (C=O) groups excluding carboxylic acids is 3. The number of fused-ring (bicyclic) bond motifs is 1. The predicted molar refractivity (Wildman–Crippen MR) is 116 cm³/mol. The molecule has 30 heavy (non-hydrogen) atoms. The van der Waals surface area contributed by atoms with E-state index in [0.29, 0.717) is 30.9 Å². The van der Waals surface area contributed by atoms with Crippen LogP contribution in [0, 0.1) is 5.92 Å². The Morgan fingerprint density at radius 1 is 1.17 bits per heavy atom. The number of hydrogen-bond donors (Lipinski definition) is 2. The fraction of sp³-hybridized carbons (Fsp3) is 0.318. The molecule has 0 saturated carbocycles. The van der Waals surface area contributed by atoms with Gasteiger partial charge in [0, 0.05) is 23.7 Å². The number of hydrogen-bond acceptors (Lipinski definition) is 5. The number of likely N-dealkylation sites (tertiary alicyclic amines) is 1. The summed E-state index contributed by atoms with van der Waals surface area (Å²) >= 11 is 1.27. The Morgan fingerprint density at radius 2 is 1.93 bits per heavy atom. The smallest absolute Gasteiger partial charge is 0.247 e. The number of methoxy groups -OCH3 is 1. The molecule has 4 rings (SSSR count). The van der Waals surface area contributed by atoms with Crippen molar-refractivity contribution in [1.29, 1.82) is 0 Å². The summed E-state index contributed by atoms with van der Waals surface area (Å²) in [5.41, 5.74) is 1.41. The summed E-state index contributed by atoms with van der Waals surface area (Å²) < 4.78 is 5.13. The van der Waals surface area contributed by atoms with Gasteiger partial charge in [-0.05, 0) is 49.2 Å². The molecule has 0 unspecified atom stereocenters. The molecule has 0 aliphatic carbocycles. The molecule has 2 aromatic carbocycles. The fourth-order valence-corrected chi connectivity index (χ4v) is 4.76. The van der Waals surface area contributed by atoms with Gasteiger partial charge in [-0.2, -0.15) is 0 Å². The Kier molecular flexibility index (Phi) is 5.94. The number of piperidine rings is 1. The van der Waals surface area contributed by atoms with Gasteiger partial charge in [-0.1, -0.05) is 12.1 Å². The van der Waals surface area contributed by atoms with Crippen molar-refractivity contribution >= 4 is 40.9 Å². The van der Waals surface area contributed by atoms with Crippen molar-refractivity contribution in [3.63, 3.8) is 0 Å². The zero-order valence-corrected chi connectivity index (χ0v) is 17.4. The minimum absolute atomic E-state index is 0.122. The molecule has 156 valence electrons. The lowest BCUT2D eigenvalue weighted by atomic mass is 9.96. The van der Waals surface area contributed by atoms with Crippen LogP contribution in [0.2, 0.25) is 0 Å². The molecule has 2 aliphatic heterocycles. The van der Waals surface area contributed by atoms with E-state index in [4.69, 9.17) is 4.74 Å². The summed E-state index contributed by atoms with van der Waals surface area (Å²) in [6.45, 7) is 0.865. The van der Waals surface area contributed by atoms with E-state index in [9.17, 15) is 14.4 Å². The van der Waals surface area contributed by atoms with Gasteiger partial charge in [-0.25, -0.2) is 0 Å². The fourth-order valence-electron chi connectivity index (χ4n) is 3.69. The van der Waals surface area contributed by atoms with Crippen molar-refractivity contribution in [1.82, 2.24) is 4.90 Å². The van der Waals surface area contributed by atoms with E-state index in [1.807, 2.05) is 24.3 Å². The maximum Gasteiger partial charge on any atom is 0.247 e. The van der Waals surface area contributed by atoms with Crippen LogP contribution in [0.15, 0.2) is 53.4 Å². The van der Waals surface area contributed by atoms with Gasteiger partial charge < -0.3 is 20.3 Å². The molecule has 0 aromatic heterocycles. The van der Waals surface area contributed by atoms with Crippen LogP contribution < -0.4 is 15.4 Å². The van der Waals surface area contributed by atoms with E-state index in [0.717, 1.165) is 17.0 Å². The Balaban J connectivity index is 1.40. The van der Waals surface area contributed by atoms with Crippen molar-refractivity contribution in [3.8, 4) is 5.75 Å². The van der Waals surface area contributed by atoms with E-state index >= 15 is 0 Å². The van der Waals surface area contributed by atoms with Crippen LogP contribution in [0.3, 0.4) is 0 Å². The first-order valence-corrected chi connectivity index (χ1v) is 10.7. The third kappa shape index (κ3) is 4.28. The van der Waals surface area contributed by atoms with Crippen molar-refractivity contribution in [2.45, 2.75) is 23.0 Å². The van der Waals surface area contributed by atoms with Crippen LogP contribution in [0.25, 0.3) is 0 Å². The van der Waals surface area contributed by atoms with Gasteiger partial charge in [-0.15, -0.1) is 11.8 Å². The SMILES string of the molecule is COc1ccc(NC(=O)[C@H]2CCCN(C(=O)[C@@H]3Sc4ccccc4NC3=O)C2)cc1. The second-order valence-electron chi connectivity index (χ2n) is 7.32. The number of benzene rings is 2. The largest absolute Gasteiger partial charge is 0.497 e. The van der Waals surface area contributed by atoms with E-state index in [2.05, 4.69) is 10.6 Å². The summed E-state index contributed by atoms with van der Waals surface area (Å²) in [7, 11) is 1.59. The van der Waals surface area contributed by atoms with Gasteiger partial charge in [0.15, 0.2) is 5.25 Å². The summed E-state index contributed by atoms with van der Waals surface area (Å²) in [5.74, 6) is -0.271. The third-order valence-corrected chi connectivity index (χ3v) is 6.57. The highest BCUT2D eigenvalue weighted by Crippen LogP contribution is 2.36. The van der Waals surface area contributed by atoms with Gasteiger partial charge in [0.25, 0.3) is 0 Å². The van der Waals surface area contributed by atoms with Crippen LogP contribution in [-0.2, 0) is 14.4 Å². The number of thioether (sulfide) groups is 1. The Bertz CT molecular complexity index is 963. The number of amides is 3. The molecule has 2 aromatic rings. The molecule has 2 heterocycles. The molecule has 7 nitrogen and oxygen atoms in total. The van der Waals surface area contributed by atoms with Gasteiger partial charge >= 0.3 is 0 Å². The second kappa shape index (κ2) is 8.79. The van der Waals surface area contributed by atoms with Gasteiger partial charge in [0.05, 0.1) is 18.7 Å². The number of anilines is 2. The Hall–Kier alpha value is -3.00. The van der Waals surface area contributed by atoms with Gasteiger partial charge in [-0.3, -0.25) is 14.4 Å². The monoisotopic (exact) mass is 425 g/mol. The molecule has 0 radical (unpaired) electrons. The average Bonchev–Trinajstić information content (AvgIpc) is 2.78. The van der Waals surface area contributed by atoms with Crippen LogP contribution >= 0.6 is 11.8 Å². The summed E-state index contributed by atoms with van der Waals surface area (Å²) in [6, 6.07) is 14.6. The first kappa shape index (κ1) is 20.3. The first-order chi connectivity index (χ1) is 14.5. The van der Waals surface area contributed by atoms with Crippen LogP contribution in [0.1, 0.15) is 12.8 Å². The molecule has 0 bridgehead atoms. The van der Waals surface area contributed by atoms with Crippen molar-refractivity contribution in [2.24, 2.45) is 5.92 Å². The summed E-state index contributed by atoms with van der Waals surface area (Å²) in [6.07, 6.45) is 1.43. The maximum absolute atomic E-state index is 13.1. The van der Waals surface area contributed by atoms with Crippen LogP contribution in [0.4, 0.5) is 11.4 Å². The standard InChI is InChI=1S/C22H23N3O4S/c1-29-16-10-8-15(9-11-16)23-20(26)14-5-4-12-25(13-14)22(28)19-21(27)24-17-6-2-3-7-18(17)30-19/h2-3,6-11,14,19H,4-5,12-13H2,1H3,(H,23,26)(H,24,27)/t14-,19+/m0/s1. The molecule has 8 heteroatoms. The summed E-state index contributed by atoms with van der Waals surface area (Å²) in [4.78, 5) is 40.8. The number of rotatable bonds is 4. The lowest BCUT2D eigenvalue weighted by molar-refractivity contribution is -0.136. The van der Waals surface area contributed by atoms with Crippen LogP contribution in [0.5, 0.6) is 5.75 Å². The molecular formula is C22H23N3O4S. The highest BCUT2D eigenvalue weighted by atomic mass is 32.2. The van der Waals surface area contributed by atoms with E-state index in [1.165, 1.54) is 11.8 Å². The number of para-hydroxylation sites is 1. The van der Waals surface area contributed by atoms with E-state index in [1.54, 1.807) is 36.3 Å². The topological polar surface area (TPSA) is 87.7 Å². The molecule has 3 amide bonds. The van der Waals surface area contributed by atoms with Gasteiger partial charge in [0.2, 0.25) is 17.7 Å². The molecular weight excluding hydrogens is 402 g/mol. The molecule has 1 fully saturated rings. The molecule has 2 N–H and O–H groups in total. The number of nitrogens with zero attached hydrogens (tertiary/aromatic N) is 1. The molecule has 2 atom stereocenters. The number of carbonyl (C=O) groups is 3. The Labute approximate surface area is 179 Å². The lowest BCUT2D eigenvalue weighted by Gasteiger charge is -2.35. The van der Waals surface area contributed by atoms with Gasteiger partial charge in [0.1, 0.15) is 5.75 Å². The quantitative estimate of drug-likeness (QED) is 0.736. The van der Waals surface area contributed by atoms with Crippen molar-refractivity contribution < 1.29 is 19.1 Å². The highest BCUT2D eigenvalue weighted by molar-refractivity contribution is 8.01. The maximum atomic E-state index is 13.1. The third-order valence-electron chi connectivity index (χ3n) is 5.31. The molecule has 2 aliphatic rings. The zero-order chi connectivity index (χ0) is 21.1. The lowest BCUT2D eigenvalue weighted by Crippen LogP contribution is -2.50. The first-order valence-electron chi connectivity index (χ1n) is 9.85. The number of nitrogens with one attached hydrogen (secondary N) is 2. The summed E-state index contributed by atoms with van der Waals surface area (Å²) in [5, 5.41) is 4.89. The molecule has 0 spiro atoms. The predicted octanol–water partition coefficient (Wildman–Crippen LogP) is 2.99. The van der Waals surface area contributed by atoms with Crippen LogP contribution in [-0.4, -0.2) is 48.1 Å². The second-order valence-corrected chi connectivity index (χ2v) is 8.47. The van der Waals surface area contributed by atoms with Crippen molar-refractivity contribution in [2.75, 3.05) is 30.8 Å². The zero-order valence-electron chi connectivity index (χ0n) is 16.6. The highest BCUT2D eigenvalue weighted by Gasteiger charge is 2.38. The van der Waals surface area contributed by atoms with Crippen molar-refractivity contribution in [3.05, 3.63) is 48.5 Å². The normalized spacial score (nSPS) is 20.7. The van der Waals surface area contributed by atoms with E-state index < -0.39 is 5.25 Å². The van der Waals surface area contributed by atoms with E-state index in [-0.39, 0.29) is 23.6 Å².